The molecule has 0 spiro atoms. The van der Waals surface area contributed by atoms with Gasteiger partial charge in [0.15, 0.2) is 0 Å². The van der Waals surface area contributed by atoms with E-state index in [1.54, 1.807) is 40.8 Å². The van der Waals surface area contributed by atoms with Crippen LogP contribution in [0.3, 0.4) is 0 Å². The highest BCUT2D eigenvalue weighted by atomic mass is 32.2. The van der Waals surface area contributed by atoms with Gasteiger partial charge in [-0.3, -0.25) is 4.79 Å². The van der Waals surface area contributed by atoms with Gasteiger partial charge in [0.25, 0.3) is 0 Å². The Morgan fingerprint density at radius 2 is 1.93 bits per heavy atom. The van der Waals surface area contributed by atoms with Gasteiger partial charge in [0.1, 0.15) is 11.6 Å². The van der Waals surface area contributed by atoms with Crippen LogP contribution in [-0.4, -0.2) is 46.3 Å². The summed E-state index contributed by atoms with van der Waals surface area (Å²) >= 11 is 0. The number of amides is 1. The molecule has 1 aliphatic heterocycles. The molecule has 9 heteroatoms. The number of hydrogen-bond donors (Lipinski definition) is 1. The third-order valence-electron chi connectivity index (χ3n) is 5.41. The van der Waals surface area contributed by atoms with Crippen LogP contribution >= 0.6 is 0 Å². The molecule has 158 valence electrons. The molecule has 3 heterocycles. The van der Waals surface area contributed by atoms with E-state index in [0.29, 0.717) is 30.8 Å². The van der Waals surface area contributed by atoms with Crippen LogP contribution in [0.2, 0.25) is 0 Å². The third kappa shape index (κ3) is 4.22. The van der Waals surface area contributed by atoms with Gasteiger partial charge in [-0.25, -0.2) is 18.4 Å². The first-order valence-corrected chi connectivity index (χ1v) is 11.6. The van der Waals surface area contributed by atoms with Crippen molar-refractivity contribution in [3.8, 4) is 0 Å². The molecule has 1 aliphatic rings. The van der Waals surface area contributed by atoms with Crippen LogP contribution in [0.4, 0.5) is 5.82 Å². The Balaban J connectivity index is 1.50. The summed E-state index contributed by atoms with van der Waals surface area (Å²) in [4.78, 5) is 21.2. The number of aromatic nitrogens is 3. The zero-order valence-corrected chi connectivity index (χ0v) is 17.7. The van der Waals surface area contributed by atoms with E-state index in [9.17, 15) is 13.2 Å². The molecule has 2 aromatic heterocycles. The van der Waals surface area contributed by atoms with E-state index < -0.39 is 10.0 Å². The summed E-state index contributed by atoms with van der Waals surface area (Å²) in [5.74, 6) is 1.10. The van der Waals surface area contributed by atoms with Gasteiger partial charge in [0, 0.05) is 39.2 Å². The van der Waals surface area contributed by atoms with Crippen LogP contribution in [0.1, 0.15) is 31.5 Å². The van der Waals surface area contributed by atoms with Crippen molar-refractivity contribution >= 4 is 32.8 Å². The van der Waals surface area contributed by atoms with Gasteiger partial charge in [-0.2, -0.15) is 4.31 Å². The molecule has 1 saturated heterocycles. The number of imidazole rings is 1. The van der Waals surface area contributed by atoms with Crippen LogP contribution in [0.15, 0.2) is 47.5 Å². The quantitative estimate of drug-likeness (QED) is 0.652. The summed E-state index contributed by atoms with van der Waals surface area (Å²) in [7, 11) is -1.63. The lowest BCUT2D eigenvalue weighted by molar-refractivity contribution is -0.116. The number of carbonyl (C=O) groups is 1. The number of hydrogen-bond acceptors (Lipinski definition) is 5. The first-order valence-electron chi connectivity index (χ1n) is 10.1. The van der Waals surface area contributed by atoms with Crippen molar-refractivity contribution in [1.82, 2.24) is 18.8 Å². The van der Waals surface area contributed by atoms with Crippen molar-refractivity contribution in [2.75, 3.05) is 18.4 Å². The fraction of sp³-hybridized carbons (Fsp3) is 0.381. The number of piperidine rings is 1. The van der Waals surface area contributed by atoms with Crippen LogP contribution in [0, 0.1) is 0 Å². The Bertz CT molecular complexity index is 1150. The summed E-state index contributed by atoms with van der Waals surface area (Å²) in [6.07, 6.45) is 5.19. The summed E-state index contributed by atoms with van der Waals surface area (Å²) in [5.41, 5.74) is 1.46. The second-order valence-electron chi connectivity index (χ2n) is 7.47. The smallest absolute Gasteiger partial charge is 0.243 e. The number of nitrogens with one attached hydrogen (secondary N) is 1. The lowest BCUT2D eigenvalue weighted by Crippen LogP contribution is -2.35. The van der Waals surface area contributed by atoms with Crippen molar-refractivity contribution in [1.29, 1.82) is 0 Å². The standard InChI is InChI=1S/C21H25N5O3S/c1-25-18-9-8-16(30(28,29)26-13-5-2-6-14-26)15-17(18)23-20(25)10-11-21(27)24-19-7-3-4-12-22-19/h3-4,7-9,12,15H,2,5-6,10-11,13-14H2,1H3,(H,22,24,27). The third-order valence-corrected chi connectivity index (χ3v) is 7.30. The minimum Gasteiger partial charge on any atom is -0.331 e. The van der Waals surface area contributed by atoms with E-state index in [1.165, 1.54) is 0 Å². The van der Waals surface area contributed by atoms with Crippen LogP contribution < -0.4 is 5.32 Å². The Morgan fingerprint density at radius 1 is 1.13 bits per heavy atom. The predicted molar refractivity (Wildman–Crippen MR) is 115 cm³/mol. The van der Waals surface area contributed by atoms with E-state index >= 15 is 0 Å². The molecule has 1 N–H and O–H groups in total. The summed E-state index contributed by atoms with van der Waals surface area (Å²) < 4.78 is 29.3. The molecule has 0 radical (unpaired) electrons. The van der Waals surface area contributed by atoms with Gasteiger partial charge in [-0.1, -0.05) is 12.5 Å². The largest absolute Gasteiger partial charge is 0.331 e. The van der Waals surface area contributed by atoms with Crippen molar-refractivity contribution in [3.05, 3.63) is 48.4 Å². The molecule has 1 aromatic carbocycles. The fourth-order valence-electron chi connectivity index (χ4n) is 3.74. The monoisotopic (exact) mass is 427 g/mol. The SMILES string of the molecule is Cn1c(CCC(=O)Nc2ccccn2)nc2cc(S(=O)(=O)N3CCCCC3)ccc21. The van der Waals surface area contributed by atoms with Crippen molar-refractivity contribution in [2.24, 2.45) is 7.05 Å². The van der Waals surface area contributed by atoms with Crippen molar-refractivity contribution in [3.63, 3.8) is 0 Å². The Hall–Kier alpha value is -2.78. The number of fused-ring (bicyclic) bond motifs is 1. The average molecular weight is 428 g/mol. The summed E-state index contributed by atoms with van der Waals surface area (Å²) in [6, 6.07) is 10.4. The van der Waals surface area contributed by atoms with Crippen LogP contribution in [-0.2, 0) is 28.3 Å². The summed E-state index contributed by atoms with van der Waals surface area (Å²) in [6.45, 7) is 1.14. The second-order valence-corrected chi connectivity index (χ2v) is 9.40. The molecule has 1 fully saturated rings. The van der Waals surface area contributed by atoms with Gasteiger partial charge in [-0.15, -0.1) is 0 Å². The number of aryl methyl sites for hydroxylation is 2. The van der Waals surface area contributed by atoms with Crippen molar-refractivity contribution in [2.45, 2.75) is 37.0 Å². The Kier molecular flexibility index (Phi) is 5.83. The number of anilines is 1. The van der Waals surface area contributed by atoms with E-state index in [1.807, 2.05) is 17.7 Å². The Labute approximate surface area is 176 Å². The lowest BCUT2D eigenvalue weighted by atomic mass is 10.2. The normalized spacial score (nSPS) is 15.4. The fourth-order valence-corrected chi connectivity index (χ4v) is 5.27. The van der Waals surface area contributed by atoms with Crippen molar-refractivity contribution < 1.29 is 13.2 Å². The molecule has 30 heavy (non-hydrogen) atoms. The maximum absolute atomic E-state index is 12.9. The highest BCUT2D eigenvalue weighted by Crippen LogP contribution is 2.25. The van der Waals surface area contributed by atoms with E-state index in [4.69, 9.17) is 0 Å². The topological polar surface area (TPSA) is 97.2 Å². The van der Waals surface area contributed by atoms with Gasteiger partial charge >= 0.3 is 0 Å². The minimum absolute atomic E-state index is 0.144. The van der Waals surface area contributed by atoms with Gasteiger partial charge in [0.05, 0.1) is 15.9 Å². The van der Waals surface area contributed by atoms with Crippen LogP contribution in [0.25, 0.3) is 11.0 Å². The number of rotatable bonds is 6. The maximum atomic E-state index is 12.9. The van der Waals surface area contributed by atoms with Crippen LogP contribution in [0.5, 0.6) is 0 Å². The van der Waals surface area contributed by atoms with E-state index in [-0.39, 0.29) is 17.2 Å². The number of nitrogens with zero attached hydrogens (tertiary/aromatic N) is 4. The highest BCUT2D eigenvalue weighted by Gasteiger charge is 2.26. The number of pyridine rings is 1. The molecule has 1 amide bonds. The molecule has 0 aliphatic carbocycles. The molecular formula is C21H25N5O3S. The Morgan fingerprint density at radius 3 is 2.67 bits per heavy atom. The molecule has 0 bridgehead atoms. The maximum Gasteiger partial charge on any atom is 0.243 e. The van der Waals surface area contributed by atoms with E-state index in [0.717, 1.165) is 30.6 Å². The van der Waals surface area contributed by atoms with Gasteiger partial charge < -0.3 is 9.88 Å². The zero-order valence-electron chi connectivity index (χ0n) is 16.9. The second kappa shape index (κ2) is 8.53. The molecule has 3 aromatic rings. The lowest BCUT2D eigenvalue weighted by Gasteiger charge is -2.25. The first-order chi connectivity index (χ1) is 14.4. The van der Waals surface area contributed by atoms with E-state index in [2.05, 4.69) is 15.3 Å². The number of benzene rings is 1. The summed E-state index contributed by atoms with van der Waals surface area (Å²) in [5, 5.41) is 2.76. The molecule has 0 unspecified atom stereocenters. The molecule has 0 atom stereocenters. The van der Waals surface area contributed by atoms with Gasteiger partial charge in [0.2, 0.25) is 15.9 Å². The minimum atomic E-state index is -3.50. The predicted octanol–water partition coefficient (Wildman–Crippen LogP) is 2.71. The highest BCUT2D eigenvalue weighted by molar-refractivity contribution is 7.89. The molecule has 8 nitrogen and oxygen atoms in total. The average Bonchev–Trinajstić information content (AvgIpc) is 3.08. The number of carbonyl (C=O) groups excluding carboxylic acids is 1. The molecule has 0 saturated carbocycles. The van der Waals surface area contributed by atoms with Gasteiger partial charge in [-0.05, 0) is 43.2 Å². The molecular weight excluding hydrogens is 402 g/mol. The first kappa shape index (κ1) is 20.5. The zero-order chi connectivity index (χ0) is 21.1. The number of sulfonamides is 1. The molecule has 4 rings (SSSR count).